The summed E-state index contributed by atoms with van der Waals surface area (Å²) in [5.41, 5.74) is 0.701. The summed E-state index contributed by atoms with van der Waals surface area (Å²) < 4.78 is 4.95. The second-order valence-corrected chi connectivity index (χ2v) is 3.88. The van der Waals surface area contributed by atoms with Gasteiger partial charge in [0.15, 0.2) is 0 Å². The zero-order chi connectivity index (χ0) is 13.1. The van der Waals surface area contributed by atoms with Crippen molar-refractivity contribution in [2.24, 2.45) is 0 Å². The van der Waals surface area contributed by atoms with Crippen LogP contribution >= 0.6 is 0 Å². The summed E-state index contributed by atoms with van der Waals surface area (Å²) in [6.07, 6.45) is -1.05. The van der Waals surface area contributed by atoms with Crippen LogP contribution in [0.4, 0.5) is 4.79 Å². The van der Waals surface area contributed by atoms with Gasteiger partial charge in [-0.3, -0.25) is 14.9 Å². The van der Waals surface area contributed by atoms with E-state index >= 15 is 0 Å². The average Bonchev–Trinajstić information content (AvgIpc) is 2.33. The Morgan fingerprint density at radius 2 is 1.89 bits per heavy atom. The summed E-state index contributed by atoms with van der Waals surface area (Å²) in [5.74, 6) is -1.20. The van der Waals surface area contributed by atoms with Gasteiger partial charge in [0.2, 0.25) is 6.10 Å². The number of urea groups is 1. The van der Waals surface area contributed by atoms with Crippen LogP contribution in [0.2, 0.25) is 0 Å². The maximum atomic E-state index is 11.7. The average molecular weight is 248 g/mol. The third-order valence-electron chi connectivity index (χ3n) is 2.54. The Hall–Kier alpha value is -2.37. The monoisotopic (exact) mass is 248 g/mol. The van der Waals surface area contributed by atoms with Crippen molar-refractivity contribution in [3.8, 4) is 0 Å². The van der Waals surface area contributed by atoms with E-state index in [0.717, 1.165) is 0 Å². The molecule has 3 amide bonds. The number of nitrogens with one attached hydrogen (secondary N) is 2. The number of imide groups is 1. The molecule has 1 heterocycles. The first-order valence-electron chi connectivity index (χ1n) is 5.41. The summed E-state index contributed by atoms with van der Waals surface area (Å²) in [5, 5.41) is 4.64. The van der Waals surface area contributed by atoms with Gasteiger partial charge in [0.05, 0.1) is 0 Å². The van der Waals surface area contributed by atoms with Crippen molar-refractivity contribution in [3.05, 3.63) is 35.9 Å². The molecular weight excluding hydrogens is 236 g/mol. The summed E-state index contributed by atoms with van der Waals surface area (Å²) in [6, 6.07) is 7.60. The molecule has 2 unspecified atom stereocenters. The van der Waals surface area contributed by atoms with Gasteiger partial charge in [-0.15, -0.1) is 0 Å². The molecule has 0 bridgehead atoms. The van der Waals surface area contributed by atoms with Crippen LogP contribution < -0.4 is 10.6 Å². The fourth-order valence-corrected chi connectivity index (χ4v) is 1.81. The normalized spacial score (nSPS) is 22.9. The Kier molecular flexibility index (Phi) is 3.27. The van der Waals surface area contributed by atoms with Crippen LogP contribution in [0.15, 0.2) is 30.3 Å². The molecule has 0 saturated carbocycles. The molecule has 1 saturated heterocycles. The van der Waals surface area contributed by atoms with Crippen molar-refractivity contribution in [1.29, 1.82) is 0 Å². The van der Waals surface area contributed by atoms with Gasteiger partial charge in [0, 0.05) is 6.92 Å². The van der Waals surface area contributed by atoms with E-state index in [1.54, 1.807) is 24.3 Å². The van der Waals surface area contributed by atoms with E-state index in [9.17, 15) is 14.4 Å². The minimum atomic E-state index is -1.05. The Morgan fingerprint density at radius 3 is 2.50 bits per heavy atom. The highest BCUT2D eigenvalue weighted by Gasteiger charge is 2.38. The third-order valence-corrected chi connectivity index (χ3v) is 2.54. The number of hydrogen-bond donors (Lipinski definition) is 2. The summed E-state index contributed by atoms with van der Waals surface area (Å²) in [7, 11) is 0. The quantitative estimate of drug-likeness (QED) is 0.746. The molecule has 2 rings (SSSR count). The Balaban J connectivity index is 2.30. The van der Waals surface area contributed by atoms with Gasteiger partial charge in [-0.2, -0.15) is 0 Å². The van der Waals surface area contributed by atoms with Gasteiger partial charge in [0.25, 0.3) is 5.91 Å². The van der Waals surface area contributed by atoms with Gasteiger partial charge < -0.3 is 10.1 Å². The predicted molar refractivity (Wildman–Crippen MR) is 61.4 cm³/mol. The second-order valence-electron chi connectivity index (χ2n) is 3.88. The lowest BCUT2D eigenvalue weighted by molar-refractivity contribution is -0.156. The van der Waals surface area contributed by atoms with Crippen LogP contribution in [0, 0.1) is 0 Å². The number of rotatable bonds is 2. The molecule has 0 aliphatic carbocycles. The minimum Gasteiger partial charge on any atom is -0.450 e. The number of amides is 3. The lowest BCUT2D eigenvalue weighted by Crippen LogP contribution is -2.57. The maximum absolute atomic E-state index is 11.7. The zero-order valence-corrected chi connectivity index (χ0v) is 9.67. The van der Waals surface area contributed by atoms with Crippen molar-refractivity contribution in [1.82, 2.24) is 10.6 Å². The smallest absolute Gasteiger partial charge is 0.322 e. The van der Waals surface area contributed by atoms with Crippen LogP contribution in [-0.4, -0.2) is 24.0 Å². The molecular formula is C12H12N2O4. The molecule has 0 aromatic heterocycles. The molecule has 2 atom stereocenters. The first-order chi connectivity index (χ1) is 8.58. The molecule has 94 valence electrons. The lowest BCUT2D eigenvalue weighted by Gasteiger charge is -2.30. The largest absolute Gasteiger partial charge is 0.450 e. The minimum absolute atomic E-state index is 0.577. The molecule has 0 radical (unpaired) electrons. The third kappa shape index (κ3) is 2.48. The van der Waals surface area contributed by atoms with E-state index in [0.29, 0.717) is 5.56 Å². The van der Waals surface area contributed by atoms with Crippen LogP contribution in [0.1, 0.15) is 18.5 Å². The molecule has 1 aromatic rings. The number of benzene rings is 1. The van der Waals surface area contributed by atoms with E-state index < -0.39 is 30.1 Å². The van der Waals surface area contributed by atoms with Gasteiger partial charge in [-0.25, -0.2) is 4.79 Å². The topological polar surface area (TPSA) is 84.5 Å². The van der Waals surface area contributed by atoms with Crippen molar-refractivity contribution in [2.45, 2.75) is 19.1 Å². The van der Waals surface area contributed by atoms with E-state index in [2.05, 4.69) is 10.6 Å². The molecule has 18 heavy (non-hydrogen) atoms. The molecule has 1 fully saturated rings. The Labute approximate surface area is 103 Å². The van der Waals surface area contributed by atoms with Crippen LogP contribution in [-0.2, 0) is 14.3 Å². The van der Waals surface area contributed by atoms with Crippen LogP contribution in [0.5, 0.6) is 0 Å². The fraction of sp³-hybridized carbons (Fsp3) is 0.250. The van der Waals surface area contributed by atoms with Gasteiger partial charge in [-0.05, 0) is 5.56 Å². The molecule has 6 heteroatoms. The van der Waals surface area contributed by atoms with Crippen molar-refractivity contribution in [3.63, 3.8) is 0 Å². The maximum Gasteiger partial charge on any atom is 0.322 e. The highest BCUT2D eigenvalue weighted by molar-refractivity contribution is 6.00. The van der Waals surface area contributed by atoms with E-state index in [-0.39, 0.29) is 0 Å². The first-order valence-corrected chi connectivity index (χ1v) is 5.41. The van der Waals surface area contributed by atoms with Crippen LogP contribution in [0.25, 0.3) is 0 Å². The standard InChI is InChI=1S/C12H12N2O4/c1-7(15)18-10-9(8-5-3-2-4-6-8)13-12(17)14-11(10)16/h2-6,9-10H,1H3,(H2,13,14,16,17). The number of hydrogen-bond acceptors (Lipinski definition) is 4. The summed E-state index contributed by atoms with van der Waals surface area (Å²) >= 11 is 0. The second kappa shape index (κ2) is 4.87. The predicted octanol–water partition coefficient (Wildman–Crippen LogP) is 0.499. The van der Waals surface area contributed by atoms with E-state index in [1.807, 2.05) is 6.07 Å². The van der Waals surface area contributed by atoms with Crippen LogP contribution in [0.3, 0.4) is 0 Å². The highest BCUT2D eigenvalue weighted by atomic mass is 16.5. The first kappa shape index (κ1) is 12.1. The zero-order valence-electron chi connectivity index (χ0n) is 9.67. The van der Waals surface area contributed by atoms with Gasteiger partial charge >= 0.3 is 12.0 Å². The van der Waals surface area contributed by atoms with E-state index in [4.69, 9.17) is 4.74 Å². The van der Waals surface area contributed by atoms with Crippen molar-refractivity contribution < 1.29 is 19.1 Å². The van der Waals surface area contributed by atoms with Crippen molar-refractivity contribution in [2.75, 3.05) is 0 Å². The van der Waals surface area contributed by atoms with Gasteiger partial charge in [0.1, 0.15) is 6.04 Å². The number of carbonyl (C=O) groups is 3. The molecule has 2 N–H and O–H groups in total. The molecule has 0 spiro atoms. The molecule has 6 nitrogen and oxygen atoms in total. The van der Waals surface area contributed by atoms with E-state index in [1.165, 1.54) is 6.92 Å². The Bertz CT molecular complexity index is 486. The van der Waals surface area contributed by atoms with Crippen molar-refractivity contribution >= 4 is 17.9 Å². The number of ether oxygens (including phenoxy) is 1. The fourth-order valence-electron chi connectivity index (χ4n) is 1.81. The molecule has 1 aliphatic heterocycles. The van der Waals surface area contributed by atoms with Gasteiger partial charge in [-0.1, -0.05) is 30.3 Å². The highest BCUT2D eigenvalue weighted by Crippen LogP contribution is 2.22. The number of carbonyl (C=O) groups excluding carboxylic acids is 3. The molecule has 1 aliphatic rings. The summed E-state index contributed by atoms with van der Waals surface area (Å²) in [4.78, 5) is 34.0. The molecule has 1 aromatic carbocycles. The number of esters is 1. The Morgan fingerprint density at radius 1 is 1.22 bits per heavy atom. The summed E-state index contributed by atoms with van der Waals surface area (Å²) in [6.45, 7) is 1.21. The lowest BCUT2D eigenvalue weighted by atomic mass is 9.99. The SMILES string of the molecule is CC(=O)OC1C(=O)NC(=O)NC1c1ccccc1.